The molecule has 0 heterocycles. The smallest absolute Gasteiger partial charge is 0.193 e. The molecule has 22 heavy (non-hydrogen) atoms. The first kappa shape index (κ1) is 16.0. The van der Waals surface area contributed by atoms with Gasteiger partial charge in [-0.05, 0) is 54.7 Å². The van der Waals surface area contributed by atoms with Gasteiger partial charge in [0.05, 0.1) is 0 Å². The average molecular weight is 299 g/mol. The molecule has 0 bridgehead atoms. The van der Waals surface area contributed by atoms with Crippen LogP contribution in [0.1, 0.15) is 24.5 Å². The summed E-state index contributed by atoms with van der Waals surface area (Å²) in [5.74, 6) is 0.213. The minimum atomic E-state index is -0.196. The Labute approximate surface area is 131 Å². The third kappa shape index (κ3) is 5.20. The molecule has 0 saturated heterocycles. The number of nitrogens with two attached hydrogens (primary N) is 1. The number of nitrogens with zero attached hydrogens (tertiary/aromatic N) is 1. The Morgan fingerprint density at radius 3 is 2.68 bits per heavy atom. The summed E-state index contributed by atoms with van der Waals surface area (Å²) in [5, 5.41) is 3.09. The number of anilines is 1. The van der Waals surface area contributed by atoms with Crippen LogP contribution in [0.3, 0.4) is 0 Å². The summed E-state index contributed by atoms with van der Waals surface area (Å²) in [6.45, 7) is 2.73. The lowest BCUT2D eigenvalue weighted by Gasteiger charge is -2.07. The molecule has 4 heteroatoms. The summed E-state index contributed by atoms with van der Waals surface area (Å²) in [7, 11) is 0. The van der Waals surface area contributed by atoms with Crippen LogP contribution in [0.15, 0.2) is 53.5 Å². The Hall–Kier alpha value is -2.36. The Morgan fingerprint density at radius 1 is 1.14 bits per heavy atom. The number of hydrogen-bond donors (Lipinski definition) is 2. The Kier molecular flexibility index (Phi) is 5.95. The third-order valence-electron chi connectivity index (χ3n) is 3.40. The summed E-state index contributed by atoms with van der Waals surface area (Å²) in [6, 6.07) is 14.8. The molecule has 0 spiro atoms. The van der Waals surface area contributed by atoms with E-state index in [0.29, 0.717) is 12.5 Å². The second-order valence-electron chi connectivity index (χ2n) is 5.18. The fourth-order valence-corrected chi connectivity index (χ4v) is 2.23. The molecule has 0 fully saturated rings. The molecule has 0 aliphatic rings. The molecule has 0 saturated carbocycles. The van der Waals surface area contributed by atoms with Gasteiger partial charge in [0.25, 0.3) is 0 Å². The first-order valence-corrected chi connectivity index (χ1v) is 7.57. The Balaban J connectivity index is 1.80. The van der Waals surface area contributed by atoms with Crippen molar-refractivity contribution in [1.29, 1.82) is 0 Å². The zero-order valence-corrected chi connectivity index (χ0v) is 12.8. The van der Waals surface area contributed by atoms with Crippen LogP contribution in [0, 0.1) is 5.82 Å². The minimum Gasteiger partial charge on any atom is -0.370 e. The van der Waals surface area contributed by atoms with Crippen LogP contribution >= 0.6 is 0 Å². The van der Waals surface area contributed by atoms with Crippen LogP contribution in [-0.4, -0.2) is 12.5 Å². The fourth-order valence-electron chi connectivity index (χ4n) is 2.23. The first-order chi connectivity index (χ1) is 10.7. The van der Waals surface area contributed by atoms with Gasteiger partial charge in [-0.15, -0.1) is 0 Å². The Bertz CT molecular complexity index is 638. The predicted molar refractivity (Wildman–Crippen MR) is 90.7 cm³/mol. The van der Waals surface area contributed by atoms with Crippen LogP contribution in [0.25, 0.3) is 0 Å². The molecule has 3 N–H and O–H groups in total. The third-order valence-corrected chi connectivity index (χ3v) is 3.40. The number of guanidine groups is 1. The van der Waals surface area contributed by atoms with Crippen LogP contribution in [0.5, 0.6) is 0 Å². The zero-order chi connectivity index (χ0) is 15.8. The van der Waals surface area contributed by atoms with E-state index in [2.05, 4.69) is 29.4 Å². The molecular weight excluding hydrogens is 277 g/mol. The topological polar surface area (TPSA) is 50.4 Å². The maximum Gasteiger partial charge on any atom is 0.193 e. The van der Waals surface area contributed by atoms with E-state index in [1.54, 1.807) is 12.1 Å². The number of benzene rings is 2. The van der Waals surface area contributed by atoms with Crippen molar-refractivity contribution in [3.8, 4) is 0 Å². The van der Waals surface area contributed by atoms with Crippen molar-refractivity contribution < 1.29 is 4.39 Å². The molecule has 116 valence electrons. The van der Waals surface area contributed by atoms with Crippen molar-refractivity contribution in [1.82, 2.24) is 0 Å². The lowest BCUT2D eigenvalue weighted by molar-refractivity contribution is 0.624. The molecule has 3 nitrogen and oxygen atoms in total. The van der Waals surface area contributed by atoms with E-state index < -0.39 is 0 Å². The fraction of sp³-hybridized carbons (Fsp3) is 0.278. The monoisotopic (exact) mass is 299 g/mol. The quantitative estimate of drug-likeness (QED) is 0.485. The minimum absolute atomic E-state index is 0.196. The van der Waals surface area contributed by atoms with Crippen molar-refractivity contribution in [2.24, 2.45) is 10.7 Å². The van der Waals surface area contributed by atoms with Gasteiger partial charge in [0.1, 0.15) is 5.82 Å². The van der Waals surface area contributed by atoms with Gasteiger partial charge in [0.15, 0.2) is 5.96 Å². The second-order valence-corrected chi connectivity index (χ2v) is 5.18. The van der Waals surface area contributed by atoms with Crippen molar-refractivity contribution in [2.75, 3.05) is 11.9 Å². The van der Waals surface area contributed by atoms with Crippen molar-refractivity contribution >= 4 is 11.6 Å². The molecule has 2 rings (SSSR count). The van der Waals surface area contributed by atoms with Gasteiger partial charge < -0.3 is 11.1 Å². The standard InChI is InChI=1S/C18H22FN3/c1-2-14-6-4-10-17(13-14)22-18(20)21-11-5-8-15-7-3-9-16(19)12-15/h3-4,6-7,9-10,12-13H,2,5,8,11H2,1H3,(H3,20,21,22). The highest BCUT2D eigenvalue weighted by atomic mass is 19.1. The van der Waals surface area contributed by atoms with Gasteiger partial charge in [-0.3, -0.25) is 4.99 Å². The molecule has 0 atom stereocenters. The SMILES string of the molecule is CCc1cccc(NC(N)=NCCCc2cccc(F)c2)c1. The number of aliphatic imine (C=N–C) groups is 1. The molecule has 0 unspecified atom stereocenters. The summed E-state index contributed by atoms with van der Waals surface area (Å²) in [5.41, 5.74) is 9.07. The number of halogens is 1. The van der Waals surface area contributed by atoms with Gasteiger partial charge in [0.2, 0.25) is 0 Å². The highest BCUT2D eigenvalue weighted by molar-refractivity contribution is 5.92. The van der Waals surface area contributed by atoms with Crippen molar-refractivity contribution in [2.45, 2.75) is 26.2 Å². The van der Waals surface area contributed by atoms with Gasteiger partial charge in [-0.1, -0.05) is 31.2 Å². The number of aryl methyl sites for hydroxylation is 2. The largest absolute Gasteiger partial charge is 0.370 e. The lowest BCUT2D eigenvalue weighted by atomic mass is 10.1. The molecule has 0 aromatic heterocycles. The van der Waals surface area contributed by atoms with E-state index in [0.717, 1.165) is 30.5 Å². The molecule has 0 aliphatic carbocycles. The normalized spacial score (nSPS) is 11.5. The van der Waals surface area contributed by atoms with Gasteiger partial charge in [-0.2, -0.15) is 0 Å². The van der Waals surface area contributed by atoms with Gasteiger partial charge in [-0.25, -0.2) is 4.39 Å². The van der Waals surface area contributed by atoms with Crippen LogP contribution in [-0.2, 0) is 12.8 Å². The highest BCUT2D eigenvalue weighted by Crippen LogP contribution is 2.10. The average Bonchev–Trinajstić information content (AvgIpc) is 2.52. The molecule has 0 aliphatic heterocycles. The molecular formula is C18H22FN3. The van der Waals surface area contributed by atoms with Crippen LogP contribution in [0.2, 0.25) is 0 Å². The van der Waals surface area contributed by atoms with E-state index in [1.807, 2.05) is 18.2 Å². The number of nitrogens with one attached hydrogen (secondary N) is 1. The summed E-state index contributed by atoms with van der Waals surface area (Å²) >= 11 is 0. The van der Waals surface area contributed by atoms with Gasteiger partial charge >= 0.3 is 0 Å². The maximum absolute atomic E-state index is 13.1. The van der Waals surface area contributed by atoms with E-state index in [4.69, 9.17) is 5.73 Å². The molecule has 2 aromatic rings. The first-order valence-electron chi connectivity index (χ1n) is 7.57. The number of rotatable bonds is 6. The van der Waals surface area contributed by atoms with E-state index >= 15 is 0 Å². The van der Waals surface area contributed by atoms with Crippen LogP contribution in [0.4, 0.5) is 10.1 Å². The summed E-state index contributed by atoms with van der Waals surface area (Å²) in [6.07, 6.45) is 2.61. The molecule has 0 radical (unpaired) electrons. The van der Waals surface area contributed by atoms with Crippen LogP contribution < -0.4 is 11.1 Å². The zero-order valence-electron chi connectivity index (χ0n) is 12.8. The maximum atomic E-state index is 13.1. The van der Waals surface area contributed by atoms with E-state index in [-0.39, 0.29) is 5.82 Å². The second kappa shape index (κ2) is 8.17. The summed E-state index contributed by atoms with van der Waals surface area (Å²) < 4.78 is 13.1. The molecule has 2 aromatic carbocycles. The van der Waals surface area contributed by atoms with Crippen molar-refractivity contribution in [3.63, 3.8) is 0 Å². The van der Waals surface area contributed by atoms with E-state index in [1.165, 1.54) is 11.6 Å². The van der Waals surface area contributed by atoms with E-state index in [9.17, 15) is 4.39 Å². The predicted octanol–water partition coefficient (Wildman–Crippen LogP) is 3.75. The highest BCUT2D eigenvalue weighted by Gasteiger charge is 1.98. The molecule has 0 amide bonds. The Morgan fingerprint density at radius 2 is 1.91 bits per heavy atom. The number of hydrogen-bond acceptors (Lipinski definition) is 1. The van der Waals surface area contributed by atoms with Gasteiger partial charge in [0, 0.05) is 12.2 Å². The summed E-state index contributed by atoms with van der Waals surface area (Å²) in [4.78, 5) is 4.30. The lowest BCUT2D eigenvalue weighted by Crippen LogP contribution is -2.23. The van der Waals surface area contributed by atoms with Crippen molar-refractivity contribution in [3.05, 3.63) is 65.5 Å².